The van der Waals surface area contributed by atoms with Crippen molar-refractivity contribution in [1.29, 1.82) is 0 Å². The molecule has 4 unspecified atom stereocenters. The molecule has 0 radical (unpaired) electrons. The van der Waals surface area contributed by atoms with Gasteiger partial charge in [0.05, 0.1) is 17.1 Å². The molecule has 3 heterocycles. The van der Waals surface area contributed by atoms with Gasteiger partial charge in [-0.05, 0) is 59.2 Å². The second-order valence-electron chi connectivity index (χ2n) is 13.3. The van der Waals surface area contributed by atoms with Gasteiger partial charge < -0.3 is 14.8 Å². The van der Waals surface area contributed by atoms with E-state index in [1.807, 2.05) is 6.07 Å². The van der Waals surface area contributed by atoms with Gasteiger partial charge in [-0.15, -0.1) is 0 Å². The van der Waals surface area contributed by atoms with Gasteiger partial charge in [0, 0.05) is 39.3 Å². The van der Waals surface area contributed by atoms with Gasteiger partial charge in [0.1, 0.15) is 18.2 Å². The Hall–Kier alpha value is -6.17. The molecule has 4 atom stereocenters. The molecule has 240 valence electrons. The van der Waals surface area contributed by atoms with Crippen LogP contribution in [0.15, 0.2) is 181 Å². The summed E-state index contributed by atoms with van der Waals surface area (Å²) >= 11 is 0. The Morgan fingerprint density at radius 3 is 2.10 bits per heavy atom. The number of amidine groups is 1. The lowest BCUT2D eigenvalue weighted by atomic mass is 9.90. The number of aliphatic imine (C=N–C) groups is 1. The van der Waals surface area contributed by atoms with E-state index in [0.29, 0.717) is 5.92 Å². The maximum absolute atomic E-state index is 5.24. The number of hydrogen-bond donors (Lipinski definition) is 2. The second-order valence-corrected chi connectivity index (χ2v) is 13.3. The third-order valence-electron chi connectivity index (χ3n) is 10.4. The predicted molar refractivity (Wildman–Crippen MR) is 205 cm³/mol. The highest BCUT2D eigenvalue weighted by Gasteiger charge is 2.38. The SMILES string of the molecule is C1=CC2c3cc4c5ccccc5n(-c5cccc(C6N=C(c7ccccc7)NC(c7ccccc7)N6)c5)c4cc3N(c3ccccc3)C2C=C1. The summed E-state index contributed by atoms with van der Waals surface area (Å²) in [5, 5.41) is 9.98. The Balaban J connectivity index is 1.13. The number of nitrogens with zero attached hydrogens (tertiary/aromatic N) is 3. The fourth-order valence-corrected chi connectivity index (χ4v) is 8.09. The van der Waals surface area contributed by atoms with Crippen molar-refractivity contribution in [3.8, 4) is 5.69 Å². The van der Waals surface area contributed by atoms with Gasteiger partial charge in [-0.3, -0.25) is 5.32 Å². The fraction of sp³-hybridized carbons (Fsp3) is 0.0889. The van der Waals surface area contributed by atoms with Gasteiger partial charge >= 0.3 is 0 Å². The van der Waals surface area contributed by atoms with Crippen LogP contribution in [0.2, 0.25) is 0 Å². The lowest BCUT2D eigenvalue weighted by Crippen LogP contribution is -2.44. The van der Waals surface area contributed by atoms with E-state index in [1.165, 1.54) is 44.3 Å². The molecule has 2 N–H and O–H groups in total. The highest BCUT2D eigenvalue weighted by molar-refractivity contribution is 6.11. The number of nitrogens with one attached hydrogen (secondary N) is 2. The van der Waals surface area contributed by atoms with Crippen molar-refractivity contribution in [2.45, 2.75) is 24.3 Å². The summed E-state index contributed by atoms with van der Waals surface area (Å²) in [7, 11) is 0. The topological polar surface area (TPSA) is 44.6 Å². The van der Waals surface area contributed by atoms with Gasteiger partial charge in [-0.25, -0.2) is 4.99 Å². The highest BCUT2D eigenvalue weighted by atomic mass is 15.3. The van der Waals surface area contributed by atoms with E-state index in [4.69, 9.17) is 4.99 Å². The van der Waals surface area contributed by atoms with Crippen LogP contribution in [0.3, 0.4) is 0 Å². The molecule has 0 spiro atoms. The number of aromatic nitrogens is 1. The molecule has 2 aliphatic heterocycles. The second kappa shape index (κ2) is 11.8. The van der Waals surface area contributed by atoms with Crippen molar-refractivity contribution in [2.75, 3.05) is 4.90 Å². The molecule has 50 heavy (non-hydrogen) atoms. The average molecular weight is 646 g/mol. The Labute approximate surface area is 291 Å². The van der Waals surface area contributed by atoms with Crippen molar-refractivity contribution in [2.24, 2.45) is 4.99 Å². The quantitative estimate of drug-likeness (QED) is 0.196. The Kier molecular flexibility index (Phi) is 6.78. The van der Waals surface area contributed by atoms with Crippen LogP contribution in [0.5, 0.6) is 0 Å². The molecule has 1 aliphatic carbocycles. The van der Waals surface area contributed by atoms with Gasteiger partial charge in [0.2, 0.25) is 0 Å². The summed E-state index contributed by atoms with van der Waals surface area (Å²) in [5.41, 5.74) is 10.7. The minimum atomic E-state index is -0.246. The third kappa shape index (κ3) is 4.70. The van der Waals surface area contributed by atoms with Crippen LogP contribution in [0, 0.1) is 0 Å². The van der Waals surface area contributed by atoms with Crippen molar-refractivity contribution in [3.63, 3.8) is 0 Å². The zero-order valence-electron chi connectivity index (χ0n) is 27.4. The van der Waals surface area contributed by atoms with E-state index >= 15 is 0 Å². The molecule has 7 aromatic rings. The molecule has 10 rings (SSSR count). The number of benzene rings is 6. The first-order valence-electron chi connectivity index (χ1n) is 17.4. The van der Waals surface area contributed by atoms with Crippen LogP contribution in [0.1, 0.15) is 40.5 Å². The van der Waals surface area contributed by atoms with Crippen LogP contribution >= 0.6 is 0 Å². The van der Waals surface area contributed by atoms with E-state index in [0.717, 1.165) is 22.6 Å². The van der Waals surface area contributed by atoms with Crippen LogP contribution in [-0.2, 0) is 0 Å². The first-order valence-corrected chi connectivity index (χ1v) is 17.4. The maximum atomic E-state index is 5.24. The standard InChI is InChI=1S/C45H35N5/c1-4-15-30(16-5-1)43-46-44(31-17-6-2-7-18-31)48-45(47-43)32-19-14-22-34(27-32)50-40-26-13-11-24-36(40)38-28-37-35-23-10-12-25-39(35)49(41(37)29-42(38)50)33-20-8-3-9-21-33/h1-29,35,39,43,45,47H,(H,46,48). The molecule has 0 amide bonds. The van der Waals surface area contributed by atoms with Crippen LogP contribution in [0.25, 0.3) is 27.5 Å². The number of para-hydroxylation sites is 2. The molecule has 0 saturated carbocycles. The van der Waals surface area contributed by atoms with Crippen molar-refractivity contribution in [1.82, 2.24) is 15.2 Å². The molecule has 5 heteroatoms. The van der Waals surface area contributed by atoms with E-state index in [-0.39, 0.29) is 18.4 Å². The first kappa shape index (κ1) is 28.8. The Bertz CT molecular complexity index is 2460. The average Bonchev–Trinajstić information content (AvgIpc) is 3.70. The summed E-state index contributed by atoms with van der Waals surface area (Å²) in [6, 6.07) is 54.5. The minimum absolute atomic E-state index is 0.0935. The zero-order chi connectivity index (χ0) is 33.0. The van der Waals surface area contributed by atoms with Crippen molar-refractivity contribution < 1.29 is 0 Å². The summed E-state index contributed by atoms with van der Waals surface area (Å²) in [4.78, 5) is 7.76. The Morgan fingerprint density at radius 1 is 0.560 bits per heavy atom. The van der Waals surface area contributed by atoms with Gasteiger partial charge in [0.15, 0.2) is 0 Å². The van der Waals surface area contributed by atoms with Crippen molar-refractivity contribution in [3.05, 3.63) is 198 Å². The Morgan fingerprint density at radius 2 is 1.26 bits per heavy atom. The maximum Gasteiger partial charge on any atom is 0.131 e. The molecule has 5 nitrogen and oxygen atoms in total. The van der Waals surface area contributed by atoms with Gasteiger partial charge in [0.25, 0.3) is 0 Å². The van der Waals surface area contributed by atoms with E-state index in [1.54, 1.807) is 0 Å². The van der Waals surface area contributed by atoms with Crippen molar-refractivity contribution >= 4 is 39.0 Å². The zero-order valence-corrected chi connectivity index (χ0v) is 27.4. The molecule has 0 fully saturated rings. The number of anilines is 2. The molecular weight excluding hydrogens is 611 g/mol. The highest BCUT2D eigenvalue weighted by Crippen LogP contribution is 2.50. The van der Waals surface area contributed by atoms with E-state index in [9.17, 15) is 0 Å². The largest absolute Gasteiger partial charge is 0.350 e. The monoisotopic (exact) mass is 645 g/mol. The van der Waals surface area contributed by atoms with Crippen LogP contribution in [0.4, 0.5) is 11.4 Å². The summed E-state index contributed by atoms with van der Waals surface area (Å²) in [5.74, 6) is 1.18. The molecule has 3 aliphatic rings. The van der Waals surface area contributed by atoms with E-state index < -0.39 is 0 Å². The molecular formula is C45H35N5. The number of allylic oxidation sites excluding steroid dienone is 2. The van der Waals surface area contributed by atoms with E-state index in [2.05, 4.69) is 190 Å². The fourth-order valence-electron chi connectivity index (χ4n) is 8.09. The van der Waals surface area contributed by atoms with Gasteiger partial charge in [-0.1, -0.05) is 133 Å². The predicted octanol–water partition coefficient (Wildman–Crippen LogP) is 9.85. The summed E-state index contributed by atoms with van der Waals surface area (Å²) in [6.07, 6.45) is 8.75. The smallest absolute Gasteiger partial charge is 0.131 e. The third-order valence-corrected chi connectivity index (χ3v) is 10.4. The molecule has 0 bridgehead atoms. The number of rotatable bonds is 5. The molecule has 0 saturated heterocycles. The lowest BCUT2D eigenvalue weighted by Gasteiger charge is -2.32. The number of hydrogen-bond acceptors (Lipinski definition) is 4. The number of fused-ring (bicyclic) bond motifs is 6. The lowest BCUT2D eigenvalue weighted by molar-refractivity contribution is 0.409. The summed E-state index contributed by atoms with van der Waals surface area (Å²) < 4.78 is 2.43. The molecule has 6 aromatic carbocycles. The van der Waals surface area contributed by atoms with Gasteiger partial charge in [-0.2, -0.15) is 0 Å². The molecule has 1 aromatic heterocycles. The minimum Gasteiger partial charge on any atom is -0.350 e. The first-order chi connectivity index (χ1) is 24.8. The van der Waals surface area contributed by atoms with Crippen LogP contribution in [-0.4, -0.2) is 16.4 Å². The normalized spacial score (nSPS) is 20.8. The van der Waals surface area contributed by atoms with Crippen LogP contribution < -0.4 is 15.5 Å². The summed E-state index contributed by atoms with van der Waals surface area (Å²) in [6.45, 7) is 0.